The molecule has 3 fully saturated rings. The van der Waals surface area contributed by atoms with Crippen molar-refractivity contribution in [3.8, 4) is 0 Å². The summed E-state index contributed by atoms with van der Waals surface area (Å²) in [6.07, 6.45) is 6.01. The van der Waals surface area contributed by atoms with Crippen molar-refractivity contribution in [2.45, 2.75) is 32.6 Å². The van der Waals surface area contributed by atoms with Crippen LogP contribution in [0.15, 0.2) is 30.5 Å². The normalized spacial score (nSPS) is 25.9. The molecule has 0 saturated heterocycles. The number of carbonyl (C=O) groups excluding carboxylic acids is 1. The quantitative estimate of drug-likeness (QED) is 0.933. The van der Waals surface area contributed by atoms with E-state index < -0.39 is 0 Å². The molecule has 4 heteroatoms. The highest BCUT2D eigenvalue weighted by Gasteiger charge is 2.61. The van der Waals surface area contributed by atoms with Gasteiger partial charge in [-0.2, -0.15) is 0 Å². The Morgan fingerprint density at radius 1 is 1.43 bits per heavy atom. The zero-order valence-electron chi connectivity index (χ0n) is 12.1. The summed E-state index contributed by atoms with van der Waals surface area (Å²) < 4.78 is 0. The maximum atomic E-state index is 12.2. The molecule has 1 N–H and O–H groups in total. The van der Waals surface area contributed by atoms with Gasteiger partial charge in [-0.1, -0.05) is 29.8 Å². The summed E-state index contributed by atoms with van der Waals surface area (Å²) in [4.78, 5) is 17.8. The van der Waals surface area contributed by atoms with Gasteiger partial charge in [0.2, 0.25) is 5.91 Å². The van der Waals surface area contributed by atoms with Crippen LogP contribution < -0.4 is 5.32 Å². The number of hydrogen-bond acceptors (Lipinski definition) is 3. The molecule has 1 aromatic heterocycles. The number of aryl methyl sites for hydroxylation is 1. The first-order chi connectivity index (χ1) is 10.1. The molecule has 2 bridgehead atoms. The number of hydrogen-bond donors (Lipinski definition) is 1. The maximum absolute atomic E-state index is 12.2. The Balaban J connectivity index is 1.42. The zero-order valence-corrected chi connectivity index (χ0v) is 12.9. The Morgan fingerprint density at radius 3 is 2.90 bits per heavy atom. The van der Waals surface area contributed by atoms with E-state index in [0.29, 0.717) is 0 Å². The molecule has 1 heterocycles. The second kappa shape index (κ2) is 4.67. The fraction of sp³-hybridized carbons (Fsp3) is 0.412. The number of nitrogens with zero attached hydrogens (tertiary/aromatic N) is 1. The number of rotatable bonds is 4. The third-order valence-electron chi connectivity index (χ3n) is 4.75. The van der Waals surface area contributed by atoms with Crippen LogP contribution in [0.5, 0.6) is 0 Å². The lowest BCUT2D eigenvalue weighted by atomic mass is 9.44. The molecule has 0 atom stereocenters. The molecule has 0 spiro atoms. The molecule has 0 unspecified atom stereocenters. The van der Waals surface area contributed by atoms with Crippen molar-refractivity contribution in [3.63, 3.8) is 0 Å². The summed E-state index contributed by atoms with van der Waals surface area (Å²) in [6.45, 7) is 2.10. The molecule has 2 aromatic rings. The van der Waals surface area contributed by atoms with Crippen LogP contribution in [-0.4, -0.2) is 10.9 Å². The summed E-state index contributed by atoms with van der Waals surface area (Å²) in [6, 6.07) is 8.51. The lowest BCUT2D eigenvalue weighted by Gasteiger charge is -2.59. The van der Waals surface area contributed by atoms with Crippen molar-refractivity contribution >= 4 is 22.4 Å². The monoisotopic (exact) mass is 298 g/mol. The van der Waals surface area contributed by atoms with Crippen molar-refractivity contribution in [1.82, 2.24) is 4.98 Å². The maximum Gasteiger partial charge on any atom is 0.232 e. The molecule has 0 radical (unpaired) electrons. The minimum absolute atomic E-state index is 0.0347. The van der Waals surface area contributed by atoms with Gasteiger partial charge in [0.1, 0.15) is 0 Å². The minimum atomic E-state index is -0.0347. The average molecular weight is 298 g/mol. The SMILES string of the molecule is Cc1cccc(Cc2cnc(NC(=O)C34CC(C3)C4)s2)c1. The predicted octanol–water partition coefficient (Wildman–Crippen LogP) is 3.78. The van der Waals surface area contributed by atoms with Gasteiger partial charge >= 0.3 is 0 Å². The Hall–Kier alpha value is -1.68. The second-order valence-electron chi connectivity index (χ2n) is 6.51. The first kappa shape index (κ1) is 13.0. The van der Waals surface area contributed by atoms with E-state index in [2.05, 4.69) is 41.5 Å². The van der Waals surface area contributed by atoms with Gasteiger partial charge in [-0.25, -0.2) is 4.98 Å². The lowest BCUT2D eigenvalue weighted by molar-refractivity contribution is -0.158. The van der Waals surface area contributed by atoms with Gasteiger partial charge in [-0.15, -0.1) is 11.3 Å². The molecule has 108 valence electrons. The summed E-state index contributed by atoms with van der Waals surface area (Å²) in [5.74, 6) is 1.00. The van der Waals surface area contributed by atoms with Crippen LogP contribution in [0.25, 0.3) is 0 Å². The smallest absolute Gasteiger partial charge is 0.232 e. The van der Waals surface area contributed by atoms with Gasteiger partial charge in [-0.05, 0) is 37.7 Å². The highest BCUT2D eigenvalue weighted by atomic mass is 32.1. The van der Waals surface area contributed by atoms with Crippen molar-refractivity contribution in [1.29, 1.82) is 0 Å². The Labute approximate surface area is 128 Å². The number of aromatic nitrogens is 1. The van der Waals surface area contributed by atoms with Gasteiger partial charge in [0.05, 0.1) is 5.41 Å². The molecular formula is C17H18N2OS. The van der Waals surface area contributed by atoms with Crippen molar-refractivity contribution in [3.05, 3.63) is 46.5 Å². The van der Waals surface area contributed by atoms with E-state index in [4.69, 9.17) is 0 Å². The van der Waals surface area contributed by atoms with E-state index in [1.807, 2.05) is 6.20 Å². The van der Waals surface area contributed by atoms with Gasteiger partial charge < -0.3 is 5.32 Å². The molecule has 0 aliphatic heterocycles. The van der Waals surface area contributed by atoms with Crippen LogP contribution >= 0.6 is 11.3 Å². The van der Waals surface area contributed by atoms with Crippen LogP contribution in [0.4, 0.5) is 5.13 Å². The Morgan fingerprint density at radius 2 is 2.24 bits per heavy atom. The van der Waals surface area contributed by atoms with E-state index in [9.17, 15) is 4.79 Å². The summed E-state index contributed by atoms with van der Waals surface area (Å²) >= 11 is 1.59. The van der Waals surface area contributed by atoms with Crippen LogP contribution in [0, 0.1) is 18.3 Å². The molecular weight excluding hydrogens is 280 g/mol. The molecule has 3 aliphatic rings. The molecule has 3 aliphatic carbocycles. The van der Waals surface area contributed by atoms with E-state index in [1.54, 1.807) is 11.3 Å². The highest BCUT2D eigenvalue weighted by molar-refractivity contribution is 7.15. The van der Waals surface area contributed by atoms with Gasteiger partial charge in [0, 0.05) is 17.5 Å². The largest absolute Gasteiger partial charge is 0.301 e. The number of benzene rings is 1. The zero-order chi connectivity index (χ0) is 14.4. The fourth-order valence-electron chi connectivity index (χ4n) is 3.46. The lowest BCUT2D eigenvalue weighted by Crippen LogP contribution is -2.58. The highest BCUT2D eigenvalue weighted by Crippen LogP contribution is 2.64. The summed E-state index contributed by atoms with van der Waals surface area (Å²) in [7, 11) is 0. The summed E-state index contributed by atoms with van der Waals surface area (Å²) in [5, 5.41) is 3.75. The number of nitrogens with one attached hydrogen (secondary N) is 1. The third-order valence-corrected chi connectivity index (χ3v) is 5.67. The molecule has 3 saturated carbocycles. The standard InChI is InChI=1S/C17H18N2OS/c1-11-3-2-4-12(5-11)6-14-10-18-16(21-14)19-15(20)17-7-13(8-17)9-17/h2-5,10,13H,6-9H2,1H3,(H,18,19,20). The van der Waals surface area contributed by atoms with Crippen molar-refractivity contribution < 1.29 is 4.79 Å². The third kappa shape index (κ3) is 2.27. The Kier molecular flexibility index (Phi) is 2.89. The molecule has 5 rings (SSSR count). The number of carbonyl (C=O) groups is 1. The second-order valence-corrected chi connectivity index (χ2v) is 7.63. The fourth-order valence-corrected chi connectivity index (χ4v) is 4.30. The first-order valence-electron chi connectivity index (χ1n) is 7.45. The average Bonchev–Trinajstić information content (AvgIpc) is 2.72. The number of thiazole rings is 1. The van der Waals surface area contributed by atoms with E-state index >= 15 is 0 Å². The van der Waals surface area contributed by atoms with E-state index in [0.717, 1.165) is 36.7 Å². The number of amides is 1. The van der Waals surface area contributed by atoms with Crippen LogP contribution in [-0.2, 0) is 11.2 Å². The van der Waals surface area contributed by atoms with Crippen LogP contribution in [0.1, 0.15) is 35.3 Å². The molecule has 21 heavy (non-hydrogen) atoms. The van der Waals surface area contributed by atoms with Crippen molar-refractivity contribution in [2.24, 2.45) is 11.3 Å². The van der Waals surface area contributed by atoms with Gasteiger partial charge in [-0.3, -0.25) is 4.79 Å². The van der Waals surface area contributed by atoms with Gasteiger partial charge in [0.15, 0.2) is 5.13 Å². The molecule has 3 nitrogen and oxygen atoms in total. The van der Waals surface area contributed by atoms with Gasteiger partial charge in [0.25, 0.3) is 0 Å². The topological polar surface area (TPSA) is 42.0 Å². The van der Waals surface area contributed by atoms with Crippen LogP contribution in [0.2, 0.25) is 0 Å². The molecule has 1 amide bonds. The predicted molar refractivity (Wildman–Crippen MR) is 84.5 cm³/mol. The first-order valence-corrected chi connectivity index (χ1v) is 8.26. The van der Waals surface area contributed by atoms with E-state index in [-0.39, 0.29) is 11.3 Å². The van der Waals surface area contributed by atoms with E-state index in [1.165, 1.54) is 16.0 Å². The summed E-state index contributed by atoms with van der Waals surface area (Å²) in [5.41, 5.74) is 2.53. The number of anilines is 1. The molecule has 1 aromatic carbocycles. The van der Waals surface area contributed by atoms with Crippen molar-refractivity contribution in [2.75, 3.05) is 5.32 Å². The van der Waals surface area contributed by atoms with Crippen LogP contribution in [0.3, 0.4) is 0 Å². The minimum Gasteiger partial charge on any atom is -0.301 e. The Bertz CT molecular complexity index is 689.